The fourth-order valence-electron chi connectivity index (χ4n) is 3.50. The number of benzene rings is 1. The van der Waals surface area contributed by atoms with E-state index in [4.69, 9.17) is 13.6 Å². The second-order valence-electron chi connectivity index (χ2n) is 7.74. The summed E-state index contributed by atoms with van der Waals surface area (Å²) in [6.07, 6.45) is 3.71. The maximum atomic E-state index is 13.3. The van der Waals surface area contributed by atoms with Crippen LogP contribution in [0, 0.1) is 5.92 Å². The van der Waals surface area contributed by atoms with Crippen molar-refractivity contribution in [3.8, 4) is 5.75 Å². The highest BCUT2D eigenvalue weighted by Crippen LogP contribution is 2.47. The first kappa shape index (κ1) is 19.4. The number of carbonyl (C=O) groups excluding carboxylic acids is 1. The minimum atomic E-state index is -0.0823. The van der Waals surface area contributed by atoms with Crippen LogP contribution < -0.4 is 4.74 Å². The third-order valence-corrected chi connectivity index (χ3v) is 5.27. The van der Waals surface area contributed by atoms with Gasteiger partial charge >= 0.3 is 0 Å². The number of hydrogen-bond donors (Lipinski definition) is 0. The summed E-state index contributed by atoms with van der Waals surface area (Å²) >= 11 is 0. The van der Waals surface area contributed by atoms with E-state index in [9.17, 15) is 4.79 Å². The molecular formula is C24H27NO4. The summed E-state index contributed by atoms with van der Waals surface area (Å²) < 4.78 is 17.2. The molecule has 2 heterocycles. The first-order valence-corrected chi connectivity index (χ1v) is 10.3. The van der Waals surface area contributed by atoms with Gasteiger partial charge in [0, 0.05) is 11.5 Å². The Hall–Kier alpha value is -2.95. The maximum Gasteiger partial charge on any atom is 0.254 e. The van der Waals surface area contributed by atoms with Crippen molar-refractivity contribution in [2.45, 2.75) is 45.7 Å². The van der Waals surface area contributed by atoms with Crippen LogP contribution in [0.4, 0.5) is 0 Å². The van der Waals surface area contributed by atoms with Crippen LogP contribution in [-0.4, -0.2) is 17.4 Å². The molecule has 0 aliphatic heterocycles. The first-order valence-electron chi connectivity index (χ1n) is 10.3. The minimum absolute atomic E-state index is 0.0823. The largest absolute Gasteiger partial charge is 0.494 e. The summed E-state index contributed by atoms with van der Waals surface area (Å²) in [6.45, 7) is 5.68. The lowest BCUT2D eigenvalue weighted by molar-refractivity contribution is 0.0703. The molecule has 29 heavy (non-hydrogen) atoms. The molecule has 1 amide bonds. The van der Waals surface area contributed by atoms with Crippen molar-refractivity contribution in [2.24, 2.45) is 5.92 Å². The monoisotopic (exact) mass is 393 g/mol. The SMILES string of the molecule is CCCOc1cccc(C(=O)N(Cc2ccco2)Cc2ccc(C3CC3C)o2)c1. The Morgan fingerprint density at radius 1 is 1.14 bits per heavy atom. The molecule has 5 nitrogen and oxygen atoms in total. The smallest absolute Gasteiger partial charge is 0.254 e. The molecule has 1 saturated carbocycles. The molecule has 3 aromatic rings. The summed E-state index contributed by atoms with van der Waals surface area (Å²) in [7, 11) is 0. The Labute approximate surface area is 171 Å². The zero-order chi connectivity index (χ0) is 20.2. The van der Waals surface area contributed by atoms with Gasteiger partial charge < -0.3 is 18.5 Å². The van der Waals surface area contributed by atoms with Crippen molar-refractivity contribution in [3.63, 3.8) is 0 Å². The van der Waals surface area contributed by atoms with Gasteiger partial charge in [0.25, 0.3) is 5.91 Å². The van der Waals surface area contributed by atoms with E-state index in [1.54, 1.807) is 17.2 Å². The van der Waals surface area contributed by atoms with Crippen molar-refractivity contribution in [1.82, 2.24) is 4.90 Å². The third-order valence-electron chi connectivity index (χ3n) is 5.27. The number of nitrogens with zero attached hydrogens (tertiary/aromatic N) is 1. The normalized spacial score (nSPS) is 17.9. The molecule has 0 bridgehead atoms. The van der Waals surface area contributed by atoms with Gasteiger partial charge in [0.2, 0.25) is 0 Å². The van der Waals surface area contributed by atoms with Crippen LogP contribution in [0.25, 0.3) is 0 Å². The third kappa shape index (κ3) is 4.73. The Morgan fingerprint density at radius 3 is 2.69 bits per heavy atom. The topological polar surface area (TPSA) is 55.8 Å². The summed E-state index contributed by atoms with van der Waals surface area (Å²) in [5, 5.41) is 0. The van der Waals surface area contributed by atoms with Crippen LogP contribution in [0.1, 0.15) is 60.2 Å². The molecule has 1 aromatic carbocycles. The lowest BCUT2D eigenvalue weighted by Crippen LogP contribution is -2.29. The molecular weight excluding hydrogens is 366 g/mol. The Bertz CT molecular complexity index is 943. The van der Waals surface area contributed by atoms with Crippen molar-refractivity contribution in [3.05, 3.63) is 77.6 Å². The predicted molar refractivity (Wildman–Crippen MR) is 110 cm³/mol. The van der Waals surface area contributed by atoms with E-state index >= 15 is 0 Å². The molecule has 0 spiro atoms. The van der Waals surface area contributed by atoms with Gasteiger partial charge in [0.05, 0.1) is 26.0 Å². The molecule has 0 N–H and O–H groups in total. The van der Waals surface area contributed by atoms with Gasteiger partial charge in [-0.15, -0.1) is 0 Å². The Kier molecular flexibility index (Phi) is 5.74. The quantitative estimate of drug-likeness (QED) is 0.473. The molecule has 1 aliphatic rings. The summed E-state index contributed by atoms with van der Waals surface area (Å²) in [4.78, 5) is 15.0. The molecule has 2 unspecified atom stereocenters. The van der Waals surface area contributed by atoms with Crippen molar-refractivity contribution < 1.29 is 18.4 Å². The number of amides is 1. The molecule has 4 rings (SSSR count). The van der Waals surface area contributed by atoms with E-state index in [1.165, 1.54) is 6.42 Å². The molecule has 5 heteroatoms. The first-order chi connectivity index (χ1) is 14.1. The number of hydrogen-bond acceptors (Lipinski definition) is 4. The molecule has 152 valence electrons. The molecule has 1 aliphatic carbocycles. The van der Waals surface area contributed by atoms with E-state index in [-0.39, 0.29) is 5.91 Å². The van der Waals surface area contributed by atoms with E-state index in [0.717, 1.165) is 23.7 Å². The average molecular weight is 393 g/mol. The van der Waals surface area contributed by atoms with E-state index in [2.05, 4.69) is 13.8 Å². The van der Waals surface area contributed by atoms with Crippen molar-refractivity contribution in [2.75, 3.05) is 6.61 Å². The number of furan rings is 2. The lowest BCUT2D eigenvalue weighted by Gasteiger charge is -2.21. The second kappa shape index (κ2) is 8.60. The maximum absolute atomic E-state index is 13.3. The van der Waals surface area contributed by atoms with Crippen LogP contribution >= 0.6 is 0 Å². The zero-order valence-corrected chi connectivity index (χ0v) is 17.0. The minimum Gasteiger partial charge on any atom is -0.494 e. The van der Waals surface area contributed by atoms with Gasteiger partial charge in [-0.05, 0) is 61.2 Å². The van der Waals surface area contributed by atoms with E-state index < -0.39 is 0 Å². The number of ether oxygens (including phenoxy) is 1. The average Bonchev–Trinajstić information content (AvgIpc) is 3.13. The van der Waals surface area contributed by atoms with Crippen LogP contribution in [0.3, 0.4) is 0 Å². The highest BCUT2D eigenvalue weighted by molar-refractivity contribution is 5.94. The van der Waals surface area contributed by atoms with E-state index in [1.807, 2.05) is 42.5 Å². The highest BCUT2D eigenvalue weighted by Gasteiger charge is 2.36. The Balaban J connectivity index is 1.53. The predicted octanol–water partition coefficient (Wildman–Crippen LogP) is 5.63. The summed E-state index contributed by atoms with van der Waals surface area (Å²) in [6, 6.07) is 15.1. The van der Waals surface area contributed by atoms with Gasteiger partial charge in [-0.1, -0.05) is 19.9 Å². The van der Waals surface area contributed by atoms with Gasteiger partial charge in [0.15, 0.2) is 0 Å². The molecule has 1 fully saturated rings. The number of rotatable bonds is 9. The van der Waals surface area contributed by atoms with Gasteiger partial charge in [0.1, 0.15) is 23.0 Å². The van der Waals surface area contributed by atoms with Gasteiger partial charge in [-0.25, -0.2) is 0 Å². The molecule has 0 saturated heterocycles. The van der Waals surface area contributed by atoms with Crippen LogP contribution in [0.15, 0.2) is 63.6 Å². The van der Waals surface area contributed by atoms with Crippen LogP contribution in [0.2, 0.25) is 0 Å². The van der Waals surface area contributed by atoms with Crippen LogP contribution in [-0.2, 0) is 13.1 Å². The highest BCUT2D eigenvalue weighted by atomic mass is 16.5. The summed E-state index contributed by atoms with van der Waals surface area (Å²) in [5.41, 5.74) is 0.591. The van der Waals surface area contributed by atoms with Crippen LogP contribution in [0.5, 0.6) is 5.75 Å². The fourth-order valence-corrected chi connectivity index (χ4v) is 3.50. The molecule has 2 aromatic heterocycles. The number of carbonyl (C=O) groups is 1. The lowest BCUT2D eigenvalue weighted by atomic mass is 10.1. The van der Waals surface area contributed by atoms with Gasteiger partial charge in [-0.2, -0.15) is 0 Å². The van der Waals surface area contributed by atoms with Crippen molar-refractivity contribution >= 4 is 5.91 Å². The standard InChI is InChI=1S/C24H27NO4/c1-3-11-27-19-7-4-6-18(14-19)24(26)25(15-20-8-5-12-28-20)16-21-9-10-23(29-21)22-13-17(22)2/h4-10,12,14,17,22H,3,11,13,15-16H2,1-2H3. The summed E-state index contributed by atoms with van der Waals surface area (Å²) in [5.74, 6) is 4.37. The zero-order valence-electron chi connectivity index (χ0n) is 17.0. The Morgan fingerprint density at radius 2 is 1.97 bits per heavy atom. The van der Waals surface area contributed by atoms with Gasteiger partial charge in [-0.3, -0.25) is 4.79 Å². The molecule has 0 radical (unpaired) electrons. The molecule has 2 atom stereocenters. The second-order valence-corrected chi connectivity index (χ2v) is 7.74. The van der Waals surface area contributed by atoms with Crippen molar-refractivity contribution in [1.29, 1.82) is 0 Å². The van der Waals surface area contributed by atoms with E-state index in [0.29, 0.717) is 42.8 Å². The fraction of sp³-hybridized carbons (Fsp3) is 0.375.